The van der Waals surface area contributed by atoms with Gasteiger partial charge in [0.15, 0.2) is 0 Å². The third-order valence-corrected chi connectivity index (χ3v) is 1.73. The summed E-state index contributed by atoms with van der Waals surface area (Å²) in [5.74, 6) is 0. The summed E-state index contributed by atoms with van der Waals surface area (Å²) < 4.78 is 4.94. The minimum atomic E-state index is -0.750. The SMILES string of the molecule is C1CCOC1.CC(C)(C)[O-].N.[B].[CH3-].[CH3-].[Cl][Ru][Cl].[K+].[NH-]Cc1ccccn1. The summed E-state index contributed by atoms with van der Waals surface area (Å²) in [5, 5.41) is 10.1. The van der Waals surface area contributed by atoms with E-state index < -0.39 is 5.60 Å². The molecule has 3 radical (unpaired) electrons. The summed E-state index contributed by atoms with van der Waals surface area (Å²) in [5.41, 5.74) is 6.96. The molecule has 1 aromatic rings. The first-order valence-electron chi connectivity index (χ1n) is 6.53. The molecule has 1 aliphatic rings. The molecule has 0 amide bonds. The Hall–Kier alpha value is 1.89. The number of ether oxygens (including phenoxy) is 1. The molecule has 0 unspecified atom stereocenters. The Bertz CT molecular complexity index is 311. The number of hydrogen-bond acceptors (Lipinski definition) is 4. The average molecular weight is 521 g/mol. The summed E-state index contributed by atoms with van der Waals surface area (Å²) in [4.78, 5) is 3.91. The van der Waals surface area contributed by atoms with Crippen LogP contribution in [0.15, 0.2) is 24.4 Å². The quantitative estimate of drug-likeness (QED) is 0.448. The van der Waals surface area contributed by atoms with E-state index in [4.69, 9.17) is 29.9 Å². The average Bonchev–Trinajstić information content (AvgIpc) is 2.98. The zero-order chi connectivity index (χ0) is 16.6. The fourth-order valence-electron chi connectivity index (χ4n) is 1.01. The van der Waals surface area contributed by atoms with Gasteiger partial charge in [-0.25, -0.2) is 0 Å². The van der Waals surface area contributed by atoms with Crippen molar-refractivity contribution in [3.05, 3.63) is 50.7 Å². The number of halogens is 2. The molecule has 2 rings (SSSR count). The van der Waals surface area contributed by atoms with Gasteiger partial charge in [-0.3, -0.25) is 4.98 Å². The van der Waals surface area contributed by atoms with Gasteiger partial charge in [0.25, 0.3) is 0 Å². The van der Waals surface area contributed by atoms with Crippen molar-refractivity contribution >= 4 is 27.8 Å². The molecule has 1 saturated heterocycles. The normalized spacial score (nSPS) is 10.6. The van der Waals surface area contributed by atoms with Gasteiger partial charge in [0.1, 0.15) is 0 Å². The Balaban J connectivity index is -0.0000000365. The fourth-order valence-corrected chi connectivity index (χ4v) is 1.01. The van der Waals surface area contributed by atoms with E-state index in [9.17, 15) is 5.11 Å². The first-order valence-corrected chi connectivity index (χ1v) is 11.0. The summed E-state index contributed by atoms with van der Waals surface area (Å²) in [7, 11) is 9.71. The molecule has 2 heterocycles. The smallest absolute Gasteiger partial charge is 0.672 e. The third-order valence-electron chi connectivity index (χ3n) is 1.73. The van der Waals surface area contributed by atoms with Crippen molar-refractivity contribution in [1.82, 2.24) is 11.1 Å². The molecule has 153 valence electrons. The minimum Gasteiger partial charge on any atom is -0.672 e. The van der Waals surface area contributed by atoms with Gasteiger partial charge in [-0.05, 0) is 25.0 Å². The predicted octanol–water partition coefficient (Wildman–Crippen LogP) is 1.64. The van der Waals surface area contributed by atoms with Gasteiger partial charge >= 0.3 is 85.9 Å². The molecule has 0 saturated carbocycles. The Morgan fingerprint density at radius 2 is 1.58 bits per heavy atom. The van der Waals surface area contributed by atoms with E-state index in [2.05, 4.69) is 4.98 Å². The molecular weight excluding hydrogens is 488 g/mol. The van der Waals surface area contributed by atoms with Crippen molar-refractivity contribution in [2.45, 2.75) is 45.8 Å². The monoisotopic (exact) mass is 521 g/mol. The van der Waals surface area contributed by atoms with Crippen LogP contribution in [0.5, 0.6) is 0 Å². The molecule has 4 N–H and O–H groups in total. The van der Waals surface area contributed by atoms with Crippen LogP contribution in [0.25, 0.3) is 5.73 Å². The Labute approximate surface area is 222 Å². The van der Waals surface area contributed by atoms with Crippen LogP contribution in [0.2, 0.25) is 0 Å². The summed E-state index contributed by atoms with van der Waals surface area (Å²) in [6, 6.07) is 5.57. The van der Waals surface area contributed by atoms with Crippen LogP contribution in [0, 0.1) is 14.9 Å². The van der Waals surface area contributed by atoms with Crippen LogP contribution in [-0.2, 0) is 26.4 Å². The number of pyridine rings is 1. The molecule has 1 fully saturated rings. The first kappa shape index (κ1) is 46.2. The Morgan fingerprint density at radius 3 is 1.73 bits per heavy atom. The van der Waals surface area contributed by atoms with Crippen molar-refractivity contribution in [1.29, 1.82) is 0 Å². The number of nitrogens with one attached hydrogen (secondary N) is 1. The summed E-state index contributed by atoms with van der Waals surface area (Å²) >= 11 is -0.346. The number of aromatic nitrogens is 1. The second-order valence-electron chi connectivity index (χ2n) is 4.98. The van der Waals surface area contributed by atoms with Crippen LogP contribution in [0.1, 0.15) is 39.3 Å². The van der Waals surface area contributed by atoms with Gasteiger partial charge in [0.05, 0.1) is 0 Å². The molecule has 1 aliphatic heterocycles. The van der Waals surface area contributed by atoms with Gasteiger partial charge in [-0.15, -0.1) is 12.1 Å². The first-order chi connectivity index (χ1) is 9.85. The molecule has 0 aliphatic carbocycles. The maximum absolute atomic E-state index is 10.1. The molecular formula is C16H33BCl2KN3O2Ru-3. The van der Waals surface area contributed by atoms with Crippen molar-refractivity contribution < 1.29 is 76.4 Å². The summed E-state index contributed by atoms with van der Waals surface area (Å²) in [6.45, 7) is 7.17. The molecule has 0 bridgehead atoms. The number of hydrogen-bond donors (Lipinski definition) is 1. The number of rotatable bonds is 1. The van der Waals surface area contributed by atoms with Crippen molar-refractivity contribution in [2.24, 2.45) is 0 Å². The van der Waals surface area contributed by atoms with Gasteiger partial charge < -0.3 is 36.6 Å². The molecule has 26 heavy (non-hydrogen) atoms. The van der Waals surface area contributed by atoms with E-state index in [1.54, 1.807) is 27.0 Å². The second-order valence-corrected chi connectivity index (χ2v) is 7.62. The van der Waals surface area contributed by atoms with Crippen molar-refractivity contribution in [2.75, 3.05) is 13.2 Å². The molecule has 5 nitrogen and oxygen atoms in total. The molecule has 0 aromatic carbocycles. The van der Waals surface area contributed by atoms with Crippen molar-refractivity contribution in [3.8, 4) is 0 Å². The minimum absolute atomic E-state index is 0. The van der Waals surface area contributed by atoms with Crippen LogP contribution in [-0.4, -0.2) is 32.2 Å². The zero-order valence-corrected chi connectivity index (χ0v) is 23.4. The fraction of sp³-hybridized carbons (Fsp3) is 0.562. The zero-order valence-electron chi connectivity index (χ0n) is 17.0. The van der Waals surface area contributed by atoms with Gasteiger partial charge in [0.2, 0.25) is 0 Å². The van der Waals surface area contributed by atoms with E-state index in [0.717, 1.165) is 18.9 Å². The molecule has 10 heteroatoms. The van der Waals surface area contributed by atoms with Crippen LogP contribution in [0.3, 0.4) is 0 Å². The van der Waals surface area contributed by atoms with E-state index >= 15 is 0 Å². The van der Waals surface area contributed by atoms with E-state index in [1.807, 2.05) is 18.2 Å². The molecule has 0 spiro atoms. The summed E-state index contributed by atoms with van der Waals surface area (Å²) in [6.07, 6.45) is 4.25. The maximum atomic E-state index is 10.1. The molecule has 1 aromatic heterocycles. The second kappa shape index (κ2) is 34.4. The van der Waals surface area contributed by atoms with Crippen LogP contribution in [0.4, 0.5) is 0 Å². The van der Waals surface area contributed by atoms with E-state index in [-0.39, 0.29) is 102 Å². The maximum Gasteiger partial charge on any atom is 1.00 e. The Morgan fingerprint density at radius 1 is 1.19 bits per heavy atom. The van der Waals surface area contributed by atoms with Gasteiger partial charge in [0, 0.05) is 33.5 Å². The Kier molecular flexibility index (Phi) is 61.2. The van der Waals surface area contributed by atoms with Crippen molar-refractivity contribution in [3.63, 3.8) is 0 Å². The third kappa shape index (κ3) is 56.2. The van der Waals surface area contributed by atoms with E-state index in [0.29, 0.717) is 0 Å². The number of nitrogens with zero attached hydrogens (tertiary/aromatic N) is 1. The van der Waals surface area contributed by atoms with Gasteiger partial charge in [-0.2, -0.15) is 0 Å². The molecule has 0 atom stereocenters. The van der Waals surface area contributed by atoms with Crippen LogP contribution < -0.4 is 62.6 Å². The van der Waals surface area contributed by atoms with Gasteiger partial charge in [-0.1, -0.05) is 26.8 Å². The standard InChI is InChI=1S/C6H7N2.C4H8O.C4H9O.2CH3.B.2ClH.K.H3N.Ru/c7-5-6-3-1-2-4-8-6;1-2-4-5-3-1;1-4(2,3)5;;;;;;;;/h1-4,7H,5H2;1-4H2;1-3H3;2*1H3;;2*1H;;1H3;/q-1;;3*-1;;;;+1;;+2/p-2. The largest absolute Gasteiger partial charge is 1.00 e. The van der Waals surface area contributed by atoms with Crippen LogP contribution >= 0.6 is 19.4 Å². The predicted molar refractivity (Wildman–Crippen MR) is 107 cm³/mol. The topological polar surface area (TPSA) is 104 Å². The van der Waals surface area contributed by atoms with E-state index in [1.165, 1.54) is 12.8 Å².